The van der Waals surface area contributed by atoms with Crippen molar-refractivity contribution >= 4 is 49.3 Å². The van der Waals surface area contributed by atoms with Gasteiger partial charge in [0.05, 0.1) is 16.8 Å². The Bertz CT molecular complexity index is 839. The number of aromatic nitrogens is 1. The van der Waals surface area contributed by atoms with E-state index < -0.39 is 0 Å². The van der Waals surface area contributed by atoms with Crippen LogP contribution in [0, 0.1) is 0 Å². The molecule has 0 atom stereocenters. The molecule has 0 unspecified atom stereocenters. The van der Waals surface area contributed by atoms with Crippen LogP contribution in [0.25, 0.3) is 10.2 Å². The monoisotopic (exact) mass is 354 g/mol. The third kappa shape index (κ3) is 3.55. The molecule has 4 nitrogen and oxygen atoms in total. The molecule has 0 spiro atoms. The van der Waals surface area contributed by atoms with Gasteiger partial charge in [-0.1, -0.05) is 53.4 Å². The number of hydrogen-bond donors (Lipinski definition) is 2. The molecule has 3 aromatic rings. The van der Waals surface area contributed by atoms with E-state index in [9.17, 15) is 0 Å². The molecule has 0 bridgehead atoms. The summed E-state index contributed by atoms with van der Waals surface area (Å²) in [6, 6.07) is 16.7. The molecule has 0 amide bonds. The van der Waals surface area contributed by atoms with E-state index in [1.54, 1.807) is 23.1 Å². The molecule has 122 valence electrons. The summed E-state index contributed by atoms with van der Waals surface area (Å²) < 4.78 is 1.22. The van der Waals surface area contributed by atoms with Crippen molar-refractivity contribution in [2.45, 2.75) is 6.42 Å². The number of fused-ring (bicyclic) bond motifs is 1. The van der Waals surface area contributed by atoms with E-state index in [4.69, 9.17) is 0 Å². The largest absolute Gasteiger partial charge is 0.361 e. The number of thiazole rings is 1. The molecule has 2 aromatic carbocycles. The SMILES string of the molecule is c1ccc(NC2=NCCS2)c(CCNc2nc3ccccc3s2)c1. The minimum Gasteiger partial charge on any atom is -0.361 e. The molecule has 0 saturated carbocycles. The second kappa shape index (κ2) is 7.23. The summed E-state index contributed by atoms with van der Waals surface area (Å²) in [7, 11) is 0. The summed E-state index contributed by atoms with van der Waals surface area (Å²) in [6.45, 7) is 1.77. The Morgan fingerprint density at radius 1 is 1.04 bits per heavy atom. The number of para-hydroxylation sites is 2. The summed E-state index contributed by atoms with van der Waals surface area (Å²) >= 11 is 3.49. The van der Waals surface area contributed by atoms with Gasteiger partial charge in [0.25, 0.3) is 0 Å². The van der Waals surface area contributed by atoms with Crippen molar-refractivity contribution in [3.05, 3.63) is 54.1 Å². The smallest absolute Gasteiger partial charge is 0.183 e. The first-order chi connectivity index (χ1) is 11.9. The number of anilines is 2. The Labute approximate surface area is 149 Å². The summed E-state index contributed by atoms with van der Waals surface area (Å²) in [5.41, 5.74) is 3.50. The average molecular weight is 355 g/mol. The fourth-order valence-corrected chi connectivity index (χ4v) is 4.27. The number of benzene rings is 2. The van der Waals surface area contributed by atoms with Crippen molar-refractivity contribution in [3.63, 3.8) is 0 Å². The highest BCUT2D eigenvalue weighted by molar-refractivity contribution is 8.14. The Morgan fingerprint density at radius 3 is 2.79 bits per heavy atom. The number of rotatable bonds is 5. The predicted molar refractivity (Wildman–Crippen MR) is 107 cm³/mol. The third-order valence-corrected chi connectivity index (χ3v) is 5.69. The Hall–Kier alpha value is -2.05. The maximum absolute atomic E-state index is 4.62. The Morgan fingerprint density at radius 2 is 1.92 bits per heavy atom. The van der Waals surface area contributed by atoms with Crippen molar-refractivity contribution in [2.75, 3.05) is 29.5 Å². The maximum atomic E-state index is 4.62. The third-order valence-electron chi connectivity index (χ3n) is 3.81. The van der Waals surface area contributed by atoms with Gasteiger partial charge < -0.3 is 10.6 Å². The van der Waals surface area contributed by atoms with E-state index in [-0.39, 0.29) is 0 Å². The summed E-state index contributed by atoms with van der Waals surface area (Å²) in [5, 5.41) is 8.91. The van der Waals surface area contributed by atoms with Crippen LogP contribution in [0.2, 0.25) is 0 Å². The molecule has 1 aromatic heterocycles. The van der Waals surface area contributed by atoms with Gasteiger partial charge in [0.2, 0.25) is 0 Å². The molecule has 6 heteroatoms. The Kier molecular flexibility index (Phi) is 4.66. The quantitative estimate of drug-likeness (QED) is 0.710. The zero-order chi connectivity index (χ0) is 16.2. The molecule has 1 aliphatic rings. The molecule has 2 N–H and O–H groups in total. The molecule has 0 aliphatic carbocycles. The van der Waals surface area contributed by atoms with Gasteiger partial charge in [-0.3, -0.25) is 4.99 Å². The van der Waals surface area contributed by atoms with Crippen molar-refractivity contribution in [3.8, 4) is 0 Å². The van der Waals surface area contributed by atoms with Crippen LogP contribution in [0.4, 0.5) is 10.8 Å². The van der Waals surface area contributed by atoms with Gasteiger partial charge in [0.1, 0.15) is 0 Å². The van der Waals surface area contributed by atoms with Crippen LogP contribution < -0.4 is 10.6 Å². The minimum atomic E-state index is 0.859. The highest BCUT2D eigenvalue weighted by Gasteiger charge is 2.09. The number of nitrogens with one attached hydrogen (secondary N) is 2. The van der Waals surface area contributed by atoms with Crippen LogP contribution in [0.1, 0.15) is 5.56 Å². The van der Waals surface area contributed by atoms with Gasteiger partial charge >= 0.3 is 0 Å². The number of aliphatic imine (C=N–C) groups is 1. The number of amidine groups is 1. The van der Waals surface area contributed by atoms with Crippen LogP contribution in [0.5, 0.6) is 0 Å². The van der Waals surface area contributed by atoms with Crippen LogP contribution in [0.15, 0.2) is 53.5 Å². The van der Waals surface area contributed by atoms with Crippen molar-refractivity contribution in [1.82, 2.24) is 4.98 Å². The van der Waals surface area contributed by atoms with Gasteiger partial charge in [0.15, 0.2) is 10.3 Å². The fourth-order valence-electron chi connectivity index (χ4n) is 2.64. The number of thioether (sulfide) groups is 1. The zero-order valence-electron chi connectivity index (χ0n) is 13.2. The van der Waals surface area contributed by atoms with Gasteiger partial charge in [0, 0.05) is 18.0 Å². The van der Waals surface area contributed by atoms with E-state index >= 15 is 0 Å². The Balaban J connectivity index is 1.40. The fraction of sp³-hybridized carbons (Fsp3) is 0.222. The van der Waals surface area contributed by atoms with Gasteiger partial charge in [-0.2, -0.15) is 0 Å². The molecule has 4 rings (SSSR count). The maximum Gasteiger partial charge on any atom is 0.183 e. The van der Waals surface area contributed by atoms with Gasteiger partial charge in [-0.05, 0) is 30.2 Å². The molecular formula is C18H18N4S2. The van der Waals surface area contributed by atoms with Gasteiger partial charge in [-0.25, -0.2) is 4.98 Å². The van der Waals surface area contributed by atoms with Crippen LogP contribution in [-0.2, 0) is 6.42 Å². The summed E-state index contributed by atoms with van der Waals surface area (Å²) in [4.78, 5) is 9.09. The predicted octanol–water partition coefficient (Wildman–Crippen LogP) is 4.47. The van der Waals surface area contributed by atoms with Crippen molar-refractivity contribution < 1.29 is 0 Å². The lowest BCUT2D eigenvalue weighted by molar-refractivity contribution is 1.02. The average Bonchev–Trinajstić information content (AvgIpc) is 3.25. The zero-order valence-corrected chi connectivity index (χ0v) is 14.8. The summed E-state index contributed by atoms with van der Waals surface area (Å²) in [5.74, 6) is 1.07. The first-order valence-electron chi connectivity index (χ1n) is 8.00. The van der Waals surface area contributed by atoms with E-state index in [1.165, 1.54) is 10.3 Å². The first kappa shape index (κ1) is 15.5. The molecule has 24 heavy (non-hydrogen) atoms. The minimum absolute atomic E-state index is 0.859. The first-order valence-corrected chi connectivity index (χ1v) is 9.80. The molecule has 0 radical (unpaired) electrons. The lowest BCUT2D eigenvalue weighted by atomic mass is 10.1. The van der Waals surface area contributed by atoms with E-state index in [0.29, 0.717) is 0 Å². The second-order valence-electron chi connectivity index (χ2n) is 5.48. The molecular weight excluding hydrogens is 336 g/mol. The number of nitrogens with zero attached hydrogens (tertiary/aromatic N) is 2. The van der Waals surface area contributed by atoms with Gasteiger partial charge in [-0.15, -0.1) is 0 Å². The highest BCUT2D eigenvalue weighted by Crippen LogP contribution is 2.25. The van der Waals surface area contributed by atoms with Crippen LogP contribution in [-0.4, -0.2) is 29.0 Å². The molecule has 0 fully saturated rings. The lowest BCUT2D eigenvalue weighted by Gasteiger charge is -2.11. The normalized spacial score (nSPS) is 13.9. The van der Waals surface area contributed by atoms with Crippen molar-refractivity contribution in [2.24, 2.45) is 4.99 Å². The van der Waals surface area contributed by atoms with Crippen LogP contribution in [0.3, 0.4) is 0 Å². The summed E-state index contributed by atoms with van der Waals surface area (Å²) in [6.07, 6.45) is 0.942. The van der Waals surface area contributed by atoms with E-state index in [2.05, 4.69) is 63.1 Å². The molecule has 0 saturated heterocycles. The van der Waals surface area contributed by atoms with E-state index in [1.807, 2.05) is 6.07 Å². The second-order valence-corrected chi connectivity index (χ2v) is 7.60. The van der Waals surface area contributed by atoms with Crippen molar-refractivity contribution in [1.29, 1.82) is 0 Å². The lowest BCUT2D eigenvalue weighted by Crippen LogP contribution is -2.10. The highest BCUT2D eigenvalue weighted by atomic mass is 32.2. The topological polar surface area (TPSA) is 49.3 Å². The number of hydrogen-bond acceptors (Lipinski definition) is 6. The van der Waals surface area contributed by atoms with E-state index in [0.717, 1.165) is 46.8 Å². The standard InChI is InChI=1S/C18H18N4S2/c1-2-6-14(21-17-20-11-12-23-17)13(5-1)9-10-19-18-22-15-7-3-4-8-16(15)24-18/h1-8H,9-12H2,(H,19,22)(H,20,21). The van der Waals surface area contributed by atoms with Crippen LogP contribution >= 0.6 is 23.1 Å². The molecule has 1 aliphatic heterocycles. The molecule has 2 heterocycles.